The molecule has 2 aromatic carbocycles. The number of hydrogen-bond donors (Lipinski definition) is 0. The first-order valence-electron chi connectivity index (χ1n) is 8.92. The number of piperidine rings is 1. The van der Waals surface area contributed by atoms with Crippen LogP contribution in [0.4, 0.5) is 0 Å². The molecular weight excluding hydrogens is 278 g/mol. The zero-order valence-electron chi connectivity index (χ0n) is 14.0. The molecule has 0 unspecified atom stereocenters. The average molecular weight is 305 g/mol. The van der Waals surface area contributed by atoms with Gasteiger partial charge in [-0.3, -0.25) is 0 Å². The minimum Gasteiger partial charge on any atom is -0.303 e. The Kier molecular flexibility index (Phi) is 6.05. The van der Waals surface area contributed by atoms with E-state index in [2.05, 4.69) is 71.6 Å². The van der Waals surface area contributed by atoms with Crippen LogP contribution in [0.2, 0.25) is 0 Å². The van der Waals surface area contributed by atoms with Gasteiger partial charge in [-0.25, -0.2) is 0 Å². The lowest BCUT2D eigenvalue weighted by molar-refractivity contribution is 0.231. The molecule has 0 N–H and O–H groups in total. The van der Waals surface area contributed by atoms with Crippen molar-refractivity contribution in [1.29, 1.82) is 0 Å². The van der Waals surface area contributed by atoms with Gasteiger partial charge in [0, 0.05) is 6.54 Å². The minimum absolute atomic E-state index is 1.02. The van der Waals surface area contributed by atoms with Gasteiger partial charge in [-0.15, -0.1) is 0 Å². The SMILES string of the molecule is C(=C\c1ccccc1)/Cc1ccccc1CCN1CCCCC1. The predicted octanol–water partition coefficient (Wildman–Crippen LogP) is 4.97. The molecule has 1 heterocycles. The highest BCUT2D eigenvalue weighted by Crippen LogP contribution is 2.14. The van der Waals surface area contributed by atoms with E-state index in [1.807, 2.05) is 0 Å². The van der Waals surface area contributed by atoms with E-state index in [0.717, 1.165) is 6.42 Å². The Labute approximate surface area is 140 Å². The van der Waals surface area contributed by atoms with Crippen molar-refractivity contribution in [2.75, 3.05) is 19.6 Å². The zero-order chi connectivity index (χ0) is 15.7. The van der Waals surface area contributed by atoms with E-state index in [1.165, 1.54) is 62.0 Å². The highest BCUT2D eigenvalue weighted by Gasteiger charge is 2.10. The number of allylic oxidation sites excluding steroid dienone is 1. The summed E-state index contributed by atoms with van der Waals surface area (Å²) in [6.07, 6.45) is 10.9. The second-order valence-corrected chi connectivity index (χ2v) is 6.44. The largest absolute Gasteiger partial charge is 0.303 e. The standard InChI is InChI=1S/C22H27N/c1-3-10-20(11-4-1)12-9-15-21-13-5-6-14-22(21)16-19-23-17-7-2-8-18-23/h1,3-6,9-14H,2,7-8,15-19H2/b12-9+. The summed E-state index contributed by atoms with van der Waals surface area (Å²) in [5.74, 6) is 0. The second kappa shape index (κ2) is 8.69. The van der Waals surface area contributed by atoms with Crippen LogP contribution in [0.15, 0.2) is 60.7 Å². The van der Waals surface area contributed by atoms with E-state index in [-0.39, 0.29) is 0 Å². The summed E-state index contributed by atoms with van der Waals surface area (Å²) in [6, 6.07) is 19.5. The molecular formula is C22H27N. The predicted molar refractivity (Wildman–Crippen MR) is 99.6 cm³/mol. The summed E-state index contributed by atoms with van der Waals surface area (Å²) in [5.41, 5.74) is 4.26. The van der Waals surface area contributed by atoms with Crippen molar-refractivity contribution in [2.45, 2.75) is 32.1 Å². The van der Waals surface area contributed by atoms with Crippen LogP contribution in [0.5, 0.6) is 0 Å². The quantitative estimate of drug-likeness (QED) is 0.728. The van der Waals surface area contributed by atoms with Crippen molar-refractivity contribution >= 4 is 6.08 Å². The van der Waals surface area contributed by atoms with Gasteiger partial charge < -0.3 is 4.90 Å². The fraction of sp³-hybridized carbons (Fsp3) is 0.364. The molecule has 1 saturated heterocycles. The van der Waals surface area contributed by atoms with E-state index in [4.69, 9.17) is 0 Å². The Morgan fingerprint density at radius 2 is 1.48 bits per heavy atom. The molecule has 0 aromatic heterocycles. The number of benzene rings is 2. The normalized spacial score (nSPS) is 16.0. The molecule has 0 bridgehead atoms. The summed E-state index contributed by atoms with van der Waals surface area (Å²) in [7, 11) is 0. The van der Waals surface area contributed by atoms with Crippen LogP contribution in [0.3, 0.4) is 0 Å². The number of rotatable bonds is 6. The van der Waals surface area contributed by atoms with Crippen molar-refractivity contribution in [3.8, 4) is 0 Å². The van der Waals surface area contributed by atoms with Gasteiger partial charge in [-0.05, 0) is 55.5 Å². The van der Waals surface area contributed by atoms with Crippen molar-refractivity contribution in [3.05, 3.63) is 77.4 Å². The topological polar surface area (TPSA) is 3.24 Å². The third-order valence-corrected chi connectivity index (χ3v) is 4.71. The van der Waals surface area contributed by atoms with Gasteiger partial charge in [-0.2, -0.15) is 0 Å². The smallest absolute Gasteiger partial charge is 0.00219 e. The molecule has 1 aliphatic heterocycles. The molecule has 0 saturated carbocycles. The molecule has 0 spiro atoms. The summed E-state index contributed by atoms with van der Waals surface area (Å²) < 4.78 is 0. The van der Waals surface area contributed by atoms with E-state index in [0.29, 0.717) is 0 Å². The van der Waals surface area contributed by atoms with Crippen LogP contribution in [0.1, 0.15) is 36.0 Å². The van der Waals surface area contributed by atoms with Crippen LogP contribution >= 0.6 is 0 Å². The third-order valence-electron chi connectivity index (χ3n) is 4.71. The molecule has 120 valence electrons. The number of likely N-dealkylation sites (tertiary alicyclic amines) is 1. The summed E-state index contributed by atoms with van der Waals surface area (Å²) in [4.78, 5) is 2.63. The zero-order valence-corrected chi connectivity index (χ0v) is 14.0. The molecule has 1 nitrogen and oxygen atoms in total. The molecule has 0 radical (unpaired) electrons. The molecule has 2 aromatic rings. The Balaban J connectivity index is 1.57. The lowest BCUT2D eigenvalue weighted by Gasteiger charge is -2.26. The van der Waals surface area contributed by atoms with Crippen molar-refractivity contribution in [2.24, 2.45) is 0 Å². The molecule has 1 heteroatoms. The second-order valence-electron chi connectivity index (χ2n) is 6.44. The van der Waals surface area contributed by atoms with Crippen LogP contribution < -0.4 is 0 Å². The molecule has 0 atom stereocenters. The van der Waals surface area contributed by atoms with Gasteiger partial charge in [0.25, 0.3) is 0 Å². The van der Waals surface area contributed by atoms with Crippen LogP contribution in [0, 0.1) is 0 Å². The molecule has 1 aliphatic rings. The summed E-state index contributed by atoms with van der Waals surface area (Å²) >= 11 is 0. The van der Waals surface area contributed by atoms with Crippen LogP contribution in [-0.4, -0.2) is 24.5 Å². The van der Waals surface area contributed by atoms with Gasteiger partial charge in [0.05, 0.1) is 0 Å². The van der Waals surface area contributed by atoms with Crippen molar-refractivity contribution in [3.63, 3.8) is 0 Å². The van der Waals surface area contributed by atoms with E-state index < -0.39 is 0 Å². The van der Waals surface area contributed by atoms with Crippen molar-refractivity contribution < 1.29 is 0 Å². The lowest BCUT2D eigenvalue weighted by atomic mass is 10.0. The molecule has 23 heavy (non-hydrogen) atoms. The van der Waals surface area contributed by atoms with Crippen molar-refractivity contribution in [1.82, 2.24) is 4.90 Å². The number of hydrogen-bond acceptors (Lipinski definition) is 1. The van der Waals surface area contributed by atoms with Crippen LogP contribution in [0.25, 0.3) is 6.08 Å². The first kappa shape index (κ1) is 16.0. The van der Waals surface area contributed by atoms with Gasteiger partial charge in [-0.1, -0.05) is 73.2 Å². The monoisotopic (exact) mass is 305 g/mol. The fourth-order valence-electron chi connectivity index (χ4n) is 3.35. The third kappa shape index (κ3) is 5.07. The summed E-state index contributed by atoms with van der Waals surface area (Å²) in [6.45, 7) is 3.78. The molecule has 1 fully saturated rings. The Hall–Kier alpha value is -1.86. The summed E-state index contributed by atoms with van der Waals surface area (Å²) in [5, 5.41) is 0. The van der Waals surface area contributed by atoms with E-state index in [9.17, 15) is 0 Å². The molecule has 0 aliphatic carbocycles. The van der Waals surface area contributed by atoms with Crippen LogP contribution in [-0.2, 0) is 12.8 Å². The van der Waals surface area contributed by atoms with Gasteiger partial charge in [0.15, 0.2) is 0 Å². The maximum absolute atomic E-state index is 2.63. The first-order valence-corrected chi connectivity index (χ1v) is 8.92. The first-order chi connectivity index (χ1) is 11.4. The number of nitrogens with zero attached hydrogens (tertiary/aromatic N) is 1. The van der Waals surface area contributed by atoms with Gasteiger partial charge in [0.1, 0.15) is 0 Å². The maximum Gasteiger partial charge on any atom is 0.00219 e. The molecule has 0 amide bonds. The Bertz CT molecular complexity index is 609. The fourth-order valence-corrected chi connectivity index (χ4v) is 3.35. The highest BCUT2D eigenvalue weighted by atomic mass is 15.1. The van der Waals surface area contributed by atoms with E-state index >= 15 is 0 Å². The minimum atomic E-state index is 1.02. The molecule has 3 rings (SSSR count). The maximum atomic E-state index is 2.63. The Morgan fingerprint density at radius 3 is 2.26 bits per heavy atom. The lowest BCUT2D eigenvalue weighted by Crippen LogP contribution is -2.31. The van der Waals surface area contributed by atoms with Gasteiger partial charge >= 0.3 is 0 Å². The average Bonchev–Trinajstić information content (AvgIpc) is 2.63. The van der Waals surface area contributed by atoms with Gasteiger partial charge in [0.2, 0.25) is 0 Å². The van der Waals surface area contributed by atoms with E-state index in [1.54, 1.807) is 0 Å². The Morgan fingerprint density at radius 1 is 0.783 bits per heavy atom. The highest BCUT2D eigenvalue weighted by molar-refractivity contribution is 5.49.